The first kappa shape index (κ1) is 15.8. The van der Waals surface area contributed by atoms with E-state index >= 15 is 0 Å². The first-order valence-electron chi connectivity index (χ1n) is 6.80. The molecule has 0 aliphatic carbocycles. The van der Waals surface area contributed by atoms with E-state index in [0.29, 0.717) is 27.9 Å². The summed E-state index contributed by atoms with van der Waals surface area (Å²) in [7, 11) is 1.73. The molecule has 110 valence electrons. The van der Waals surface area contributed by atoms with Crippen molar-refractivity contribution in [3.63, 3.8) is 0 Å². The van der Waals surface area contributed by atoms with Crippen LogP contribution in [0.3, 0.4) is 0 Å². The van der Waals surface area contributed by atoms with Gasteiger partial charge in [-0.25, -0.2) is 0 Å². The summed E-state index contributed by atoms with van der Waals surface area (Å²) in [6.07, 6.45) is 1.61. The Morgan fingerprint density at radius 1 is 1.45 bits per heavy atom. The molecule has 1 aliphatic rings. The molecule has 1 aliphatic heterocycles. The van der Waals surface area contributed by atoms with Crippen molar-refractivity contribution in [3.8, 4) is 0 Å². The van der Waals surface area contributed by atoms with E-state index in [4.69, 9.17) is 27.9 Å². The van der Waals surface area contributed by atoms with E-state index in [2.05, 4.69) is 4.90 Å². The number of ether oxygens (including phenoxy) is 1. The minimum atomic E-state index is 0.0488. The van der Waals surface area contributed by atoms with Gasteiger partial charge in [0.25, 0.3) is 0 Å². The van der Waals surface area contributed by atoms with Crippen LogP contribution >= 0.6 is 23.2 Å². The molecule has 1 atom stereocenters. The van der Waals surface area contributed by atoms with Crippen LogP contribution in [0, 0.1) is 5.92 Å². The van der Waals surface area contributed by atoms with Crippen LogP contribution in [0.15, 0.2) is 18.2 Å². The zero-order valence-corrected chi connectivity index (χ0v) is 13.1. The van der Waals surface area contributed by atoms with Gasteiger partial charge in [-0.05, 0) is 31.0 Å². The molecule has 1 aromatic carbocycles. The summed E-state index contributed by atoms with van der Waals surface area (Å²) in [5.41, 5.74) is 0.520. The fourth-order valence-electron chi connectivity index (χ4n) is 2.60. The van der Waals surface area contributed by atoms with Crippen molar-refractivity contribution in [2.75, 3.05) is 33.4 Å². The second-order valence-electron chi connectivity index (χ2n) is 5.19. The monoisotopic (exact) mass is 315 g/mol. The lowest BCUT2D eigenvalue weighted by Gasteiger charge is -2.15. The molecule has 0 saturated carbocycles. The van der Waals surface area contributed by atoms with Crippen LogP contribution in [-0.2, 0) is 4.74 Å². The number of halogens is 2. The molecule has 3 nitrogen and oxygen atoms in total. The lowest BCUT2D eigenvalue weighted by atomic mass is 10.1. The van der Waals surface area contributed by atoms with E-state index in [1.807, 2.05) is 0 Å². The maximum Gasteiger partial charge on any atom is 0.165 e. The molecule has 1 heterocycles. The summed E-state index contributed by atoms with van der Waals surface area (Å²) < 4.78 is 5.17. The Morgan fingerprint density at radius 2 is 2.25 bits per heavy atom. The maximum absolute atomic E-state index is 12.2. The summed E-state index contributed by atoms with van der Waals surface area (Å²) in [4.78, 5) is 14.5. The van der Waals surface area contributed by atoms with E-state index in [1.165, 1.54) is 0 Å². The van der Waals surface area contributed by atoms with Gasteiger partial charge in [-0.3, -0.25) is 4.79 Å². The highest BCUT2D eigenvalue weighted by Gasteiger charge is 2.23. The third-order valence-electron chi connectivity index (χ3n) is 3.68. The highest BCUT2D eigenvalue weighted by molar-refractivity contribution is 6.43. The van der Waals surface area contributed by atoms with Gasteiger partial charge >= 0.3 is 0 Å². The number of carbonyl (C=O) groups is 1. The molecule has 5 heteroatoms. The first-order valence-corrected chi connectivity index (χ1v) is 7.56. The highest BCUT2D eigenvalue weighted by atomic mass is 35.5. The van der Waals surface area contributed by atoms with Crippen molar-refractivity contribution < 1.29 is 9.53 Å². The van der Waals surface area contributed by atoms with Crippen LogP contribution in [0.25, 0.3) is 0 Å². The predicted octanol–water partition coefficient (Wildman–Crippen LogP) is 3.53. The zero-order valence-electron chi connectivity index (χ0n) is 11.6. The van der Waals surface area contributed by atoms with Crippen LogP contribution in [0.2, 0.25) is 10.0 Å². The van der Waals surface area contributed by atoms with Crippen molar-refractivity contribution in [1.29, 1.82) is 0 Å². The van der Waals surface area contributed by atoms with E-state index < -0.39 is 0 Å². The number of nitrogens with zero attached hydrogens (tertiary/aromatic N) is 1. The van der Waals surface area contributed by atoms with Crippen LogP contribution < -0.4 is 0 Å². The fraction of sp³-hybridized carbons (Fsp3) is 0.533. The molecule has 1 saturated heterocycles. The smallest absolute Gasteiger partial charge is 0.165 e. The van der Waals surface area contributed by atoms with Crippen LogP contribution in [0.5, 0.6) is 0 Å². The zero-order chi connectivity index (χ0) is 14.5. The number of ketones is 1. The van der Waals surface area contributed by atoms with Crippen molar-refractivity contribution in [2.24, 2.45) is 5.92 Å². The highest BCUT2D eigenvalue weighted by Crippen LogP contribution is 2.26. The molecule has 0 amide bonds. The summed E-state index contributed by atoms with van der Waals surface area (Å²) in [5, 5.41) is 0.789. The van der Waals surface area contributed by atoms with Gasteiger partial charge in [-0.15, -0.1) is 0 Å². The van der Waals surface area contributed by atoms with Gasteiger partial charge in [0.15, 0.2) is 5.78 Å². The number of carbonyl (C=O) groups excluding carboxylic acids is 1. The van der Waals surface area contributed by atoms with Crippen molar-refractivity contribution in [2.45, 2.75) is 12.8 Å². The average Bonchev–Trinajstić information content (AvgIpc) is 2.87. The van der Waals surface area contributed by atoms with Gasteiger partial charge in [-0.2, -0.15) is 0 Å². The van der Waals surface area contributed by atoms with Crippen molar-refractivity contribution in [3.05, 3.63) is 33.8 Å². The quantitative estimate of drug-likeness (QED) is 0.752. The lowest BCUT2D eigenvalue weighted by molar-refractivity contribution is 0.0966. The average molecular weight is 316 g/mol. The Morgan fingerprint density at radius 3 is 3.00 bits per heavy atom. The molecule has 0 radical (unpaired) electrons. The minimum absolute atomic E-state index is 0.0488. The number of hydrogen-bond donors (Lipinski definition) is 0. The van der Waals surface area contributed by atoms with Gasteiger partial charge < -0.3 is 9.64 Å². The van der Waals surface area contributed by atoms with Crippen LogP contribution in [0.4, 0.5) is 0 Å². The Bertz CT molecular complexity index is 479. The number of hydrogen-bond acceptors (Lipinski definition) is 3. The second kappa shape index (κ2) is 7.41. The first-order chi connectivity index (χ1) is 9.61. The van der Waals surface area contributed by atoms with Gasteiger partial charge in [-0.1, -0.05) is 29.3 Å². The number of benzene rings is 1. The Balaban J connectivity index is 1.85. The molecule has 0 N–H and O–H groups in total. The van der Waals surface area contributed by atoms with E-state index in [1.54, 1.807) is 25.3 Å². The van der Waals surface area contributed by atoms with Crippen molar-refractivity contribution in [1.82, 2.24) is 4.90 Å². The molecule has 1 unspecified atom stereocenters. The second-order valence-corrected chi connectivity index (χ2v) is 5.97. The Hall–Kier alpha value is -0.610. The van der Waals surface area contributed by atoms with Gasteiger partial charge in [0, 0.05) is 32.2 Å². The molecular formula is C15H19Cl2NO2. The Kier molecular flexibility index (Phi) is 5.85. The largest absolute Gasteiger partial charge is 0.384 e. The Labute approximate surface area is 129 Å². The molecule has 2 rings (SSSR count). The maximum atomic E-state index is 12.2. The molecule has 20 heavy (non-hydrogen) atoms. The lowest BCUT2D eigenvalue weighted by Crippen LogP contribution is -2.24. The third kappa shape index (κ3) is 3.95. The molecule has 0 spiro atoms. The summed E-state index contributed by atoms with van der Waals surface area (Å²) in [6.45, 7) is 3.60. The minimum Gasteiger partial charge on any atom is -0.384 e. The number of likely N-dealkylation sites (tertiary alicyclic amines) is 1. The topological polar surface area (TPSA) is 29.5 Å². The standard InChI is InChI=1S/C15H19Cl2NO2/c1-20-10-11-5-7-18(9-11)8-6-14(19)12-3-2-4-13(16)15(12)17/h2-4,11H,5-10H2,1H3. The molecular weight excluding hydrogens is 297 g/mol. The molecule has 0 aromatic heterocycles. The fourth-order valence-corrected chi connectivity index (χ4v) is 3.01. The van der Waals surface area contributed by atoms with Gasteiger partial charge in [0.1, 0.15) is 0 Å². The third-order valence-corrected chi connectivity index (χ3v) is 4.50. The SMILES string of the molecule is COCC1CCN(CCC(=O)c2cccc(Cl)c2Cl)C1. The molecule has 1 aromatic rings. The molecule has 0 bridgehead atoms. The molecule has 1 fully saturated rings. The van der Waals surface area contributed by atoms with E-state index in [-0.39, 0.29) is 5.78 Å². The van der Waals surface area contributed by atoms with E-state index in [9.17, 15) is 4.79 Å². The van der Waals surface area contributed by atoms with Gasteiger partial charge in [0.2, 0.25) is 0 Å². The number of rotatable bonds is 6. The summed E-state index contributed by atoms with van der Waals surface area (Å²) >= 11 is 12.0. The normalized spacial score (nSPS) is 19.4. The van der Waals surface area contributed by atoms with E-state index in [0.717, 1.165) is 32.7 Å². The van der Waals surface area contributed by atoms with Crippen LogP contribution in [-0.4, -0.2) is 44.0 Å². The summed E-state index contributed by atoms with van der Waals surface area (Å²) in [6, 6.07) is 5.18. The van der Waals surface area contributed by atoms with Crippen LogP contribution in [0.1, 0.15) is 23.2 Å². The number of Topliss-reactive ketones (excluding diaryl/α,β-unsaturated/α-hetero) is 1. The van der Waals surface area contributed by atoms with Gasteiger partial charge in [0.05, 0.1) is 16.7 Å². The summed E-state index contributed by atoms with van der Waals surface area (Å²) in [5.74, 6) is 0.637. The number of methoxy groups -OCH3 is 1. The predicted molar refractivity (Wildman–Crippen MR) is 81.8 cm³/mol. The van der Waals surface area contributed by atoms with Crippen molar-refractivity contribution >= 4 is 29.0 Å².